The Morgan fingerprint density at radius 3 is 2.43 bits per heavy atom. The number of hydrogen-bond acceptors (Lipinski definition) is 6. The second kappa shape index (κ2) is 6.64. The zero-order chi connectivity index (χ0) is 17.1. The highest BCUT2D eigenvalue weighted by Gasteiger charge is 2.20. The third-order valence-electron chi connectivity index (χ3n) is 3.41. The van der Waals surface area contributed by atoms with Crippen molar-refractivity contribution < 1.29 is 23.5 Å². The Morgan fingerprint density at radius 1 is 1.17 bits per heavy atom. The Balaban J connectivity index is 2.81. The standard InChI is InChI=1S/C17H18O6/c1-5-12-7-13-9(2)6-15(20)23-17(13)14(8-21-10(3)18)16(12)22-11(4)19/h6-7H,5,8H2,1-4H3. The number of rotatable bonds is 4. The number of aryl methyl sites for hydroxylation is 2. The normalized spacial score (nSPS) is 10.6. The summed E-state index contributed by atoms with van der Waals surface area (Å²) in [5.41, 5.74) is 1.64. The summed E-state index contributed by atoms with van der Waals surface area (Å²) in [4.78, 5) is 34.3. The number of ether oxygens (including phenoxy) is 2. The first kappa shape index (κ1) is 16.7. The largest absolute Gasteiger partial charge is 0.461 e. The van der Waals surface area contributed by atoms with Gasteiger partial charge < -0.3 is 13.9 Å². The smallest absolute Gasteiger partial charge is 0.336 e. The molecular weight excluding hydrogens is 300 g/mol. The lowest BCUT2D eigenvalue weighted by Gasteiger charge is -2.16. The van der Waals surface area contributed by atoms with E-state index in [4.69, 9.17) is 13.9 Å². The molecule has 23 heavy (non-hydrogen) atoms. The van der Waals surface area contributed by atoms with Crippen molar-refractivity contribution in [2.24, 2.45) is 0 Å². The summed E-state index contributed by atoms with van der Waals surface area (Å²) in [7, 11) is 0. The third kappa shape index (κ3) is 3.59. The summed E-state index contributed by atoms with van der Waals surface area (Å²) in [5, 5.41) is 0.722. The predicted molar refractivity (Wildman–Crippen MR) is 83.4 cm³/mol. The Morgan fingerprint density at radius 2 is 1.87 bits per heavy atom. The lowest BCUT2D eigenvalue weighted by Crippen LogP contribution is -2.10. The minimum atomic E-state index is -0.517. The summed E-state index contributed by atoms with van der Waals surface area (Å²) in [6.45, 7) is 6.12. The van der Waals surface area contributed by atoms with Crippen LogP contribution >= 0.6 is 0 Å². The molecule has 0 atom stereocenters. The highest BCUT2D eigenvalue weighted by molar-refractivity contribution is 5.87. The van der Waals surface area contributed by atoms with Gasteiger partial charge in [-0.25, -0.2) is 4.79 Å². The van der Waals surface area contributed by atoms with E-state index in [-0.39, 0.29) is 17.9 Å². The molecule has 0 amide bonds. The molecule has 0 N–H and O–H groups in total. The molecule has 0 aliphatic heterocycles. The van der Waals surface area contributed by atoms with Crippen molar-refractivity contribution in [3.63, 3.8) is 0 Å². The Hall–Kier alpha value is -2.63. The Labute approximate surface area is 133 Å². The highest BCUT2D eigenvalue weighted by atomic mass is 16.5. The van der Waals surface area contributed by atoms with E-state index in [9.17, 15) is 14.4 Å². The Kier molecular flexibility index (Phi) is 4.83. The summed E-state index contributed by atoms with van der Waals surface area (Å²) in [6, 6.07) is 3.21. The highest BCUT2D eigenvalue weighted by Crippen LogP contribution is 2.34. The van der Waals surface area contributed by atoms with Crippen LogP contribution in [0.4, 0.5) is 0 Å². The molecule has 6 heteroatoms. The molecule has 0 aliphatic carbocycles. The van der Waals surface area contributed by atoms with Crippen molar-refractivity contribution in [1.82, 2.24) is 0 Å². The number of carbonyl (C=O) groups excluding carboxylic acids is 2. The molecule has 2 rings (SSSR count). The maximum atomic E-state index is 11.7. The van der Waals surface area contributed by atoms with Crippen LogP contribution in [0.3, 0.4) is 0 Å². The lowest BCUT2D eigenvalue weighted by molar-refractivity contribution is -0.142. The maximum Gasteiger partial charge on any atom is 0.336 e. The van der Waals surface area contributed by atoms with Gasteiger partial charge in [0.05, 0.1) is 5.56 Å². The van der Waals surface area contributed by atoms with Gasteiger partial charge in [0.1, 0.15) is 17.9 Å². The fourth-order valence-electron chi connectivity index (χ4n) is 2.40. The van der Waals surface area contributed by atoms with Crippen molar-refractivity contribution in [2.45, 2.75) is 40.7 Å². The van der Waals surface area contributed by atoms with Gasteiger partial charge in [-0.05, 0) is 30.5 Å². The molecule has 0 aliphatic rings. The second-order valence-corrected chi connectivity index (χ2v) is 5.20. The molecule has 0 fully saturated rings. The molecule has 2 aromatic rings. The first-order chi connectivity index (χ1) is 10.8. The molecule has 0 bridgehead atoms. The van der Waals surface area contributed by atoms with Gasteiger partial charge in [-0.1, -0.05) is 6.92 Å². The van der Waals surface area contributed by atoms with Crippen molar-refractivity contribution >= 4 is 22.9 Å². The zero-order valence-electron chi connectivity index (χ0n) is 13.5. The minimum absolute atomic E-state index is 0.144. The quantitative estimate of drug-likeness (QED) is 0.489. The summed E-state index contributed by atoms with van der Waals surface area (Å²) in [5.74, 6) is -0.704. The minimum Gasteiger partial charge on any atom is -0.461 e. The summed E-state index contributed by atoms with van der Waals surface area (Å²) >= 11 is 0. The monoisotopic (exact) mass is 318 g/mol. The van der Waals surface area contributed by atoms with E-state index in [1.54, 1.807) is 6.92 Å². The van der Waals surface area contributed by atoms with E-state index in [0.29, 0.717) is 12.0 Å². The number of carbonyl (C=O) groups is 2. The molecule has 0 saturated carbocycles. The zero-order valence-corrected chi connectivity index (χ0v) is 13.5. The van der Waals surface area contributed by atoms with Crippen LogP contribution in [0.15, 0.2) is 21.3 Å². The van der Waals surface area contributed by atoms with Crippen molar-refractivity contribution in [3.05, 3.63) is 39.2 Å². The van der Waals surface area contributed by atoms with Crippen LogP contribution in [0, 0.1) is 6.92 Å². The molecular formula is C17H18O6. The fourth-order valence-corrected chi connectivity index (χ4v) is 2.40. The van der Waals surface area contributed by atoms with Crippen molar-refractivity contribution in [2.75, 3.05) is 0 Å². The van der Waals surface area contributed by atoms with Crippen LogP contribution < -0.4 is 10.4 Å². The molecule has 122 valence electrons. The predicted octanol–water partition coefficient (Wildman–Crippen LogP) is 2.65. The van der Waals surface area contributed by atoms with Gasteiger partial charge in [-0.2, -0.15) is 0 Å². The topological polar surface area (TPSA) is 82.8 Å². The molecule has 1 aromatic heterocycles. The molecule has 1 aromatic carbocycles. The third-order valence-corrected chi connectivity index (χ3v) is 3.41. The number of benzene rings is 1. The van der Waals surface area contributed by atoms with Crippen molar-refractivity contribution in [1.29, 1.82) is 0 Å². The average Bonchev–Trinajstić information content (AvgIpc) is 2.44. The van der Waals surface area contributed by atoms with Gasteiger partial charge >= 0.3 is 17.6 Å². The van der Waals surface area contributed by atoms with E-state index in [2.05, 4.69) is 0 Å². The van der Waals surface area contributed by atoms with Crippen LogP contribution in [0.2, 0.25) is 0 Å². The maximum absolute atomic E-state index is 11.7. The molecule has 1 heterocycles. The van der Waals surface area contributed by atoms with Gasteiger partial charge in [0, 0.05) is 25.3 Å². The molecule has 0 saturated heterocycles. The van der Waals surface area contributed by atoms with E-state index in [1.165, 1.54) is 19.9 Å². The molecule has 0 unspecified atom stereocenters. The van der Waals surface area contributed by atoms with Crippen LogP contribution in [0.5, 0.6) is 5.75 Å². The lowest BCUT2D eigenvalue weighted by atomic mass is 10.00. The van der Waals surface area contributed by atoms with Gasteiger partial charge in [0.25, 0.3) is 0 Å². The first-order valence-corrected chi connectivity index (χ1v) is 7.24. The van der Waals surface area contributed by atoms with Gasteiger partial charge in [0.2, 0.25) is 0 Å². The Bertz CT molecular complexity index is 831. The summed E-state index contributed by atoms with van der Waals surface area (Å²) < 4.78 is 15.6. The van der Waals surface area contributed by atoms with E-state index < -0.39 is 17.6 Å². The van der Waals surface area contributed by atoms with Gasteiger partial charge in [-0.3, -0.25) is 9.59 Å². The van der Waals surface area contributed by atoms with Crippen LogP contribution in [0.25, 0.3) is 11.0 Å². The fraction of sp³-hybridized carbons (Fsp3) is 0.353. The van der Waals surface area contributed by atoms with Gasteiger partial charge in [0.15, 0.2) is 0 Å². The first-order valence-electron chi connectivity index (χ1n) is 7.24. The number of hydrogen-bond donors (Lipinski definition) is 0. The summed E-state index contributed by atoms with van der Waals surface area (Å²) in [6.07, 6.45) is 0.601. The van der Waals surface area contributed by atoms with E-state index in [1.807, 2.05) is 13.0 Å². The van der Waals surface area contributed by atoms with Crippen molar-refractivity contribution in [3.8, 4) is 5.75 Å². The second-order valence-electron chi connectivity index (χ2n) is 5.20. The van der Waals surface area contributed by atoms with Crippen LogP contribution in [0.1, 0.15) is 37.5 Å². The number of esters is 2. The van der Waals surface area contributed by atoms with Crippen LogP contribution in [-0.2, 0) is 27.4 Å². The van der Waals surface area contributed by atoms with E-state index in [0.717, 1.165) is 16.5 Å². The van der Waals surface area contributed by atoms with E-state index >= 15 is 0 Å². The van der Waals surface area contributed by atoms with Gasteiger partial charge in [-0.15, -0.1) is 0 Å². The SMILES string of the molecule is CCc1cc2c(C)cc(=O)oc2c(COC(C)=O)c1OC(C)=O. The molecule has 0 radical (unpaired) electrons. The molecule has 0 spiro atoms. The average molecular weight is 318 g/mol. The molecule has 6 nitrogen and oxygen atoms in total. The number of fused-ring (bicyclic) bond motifs is 1. The van der Waals surface area contributed by atoms with Crippen LogP contribution in [-0.4, -0.2) is 11.9 Å².